The number of carbonyl (C=O) groups excluding carboxylic acids is 2. The van der Waals surface area contributed by atoms with Gasteiger partial charge in [-0.25, -0.2) is 4.79 Å². The average Bonchev–Trinajstić information content (AvgIpc) is 2.82. The van der Waals surface area contributed by atoms with Crippen molar-refractivity contribution in [1.29, 1.82) is 0 Å². The third-order valence-corrected chi connectivity index (χ3v) is 5.13. The summed E-state index contributed by atoms with van der Waals surface area (Å²) in [5.74, 6) is -1.95. The van der Waals surface area contributed by atoms with Crippen LogP contribution in [0.2, 0.25) is 0 Å². The second-order valence-electron chi connectivity index (χ2n) is 7.64. The van der Waals surface area contributed by atoms with Crippen LogP contribution < -0.4 is 0 Å². The largest absolute Gasteiger partial charge is 0.504 e. The predicted octanol–water partition coefficient (Wildman–Crippen LogP) is -2.85. The number of aliphatic hydroxyl groups excluding tert-OH is 6. The molecule has 0 unspecified atom stereocenters. The molecule has 34 heavy (non-hydrogen) atoms. The van der Waals surface area contributed by atoms with Crippen LogP contribution in [-0.2, 0) is 23.8 Å². The molecule has 1 aromatic carbocycles. The second kappa shape index (κ2) is 12.2. The number of phenols is 2. The molecule has 13 nitrogen and oxygen atoms in total. The molecule has 1 saturated heterocycles. The quantitative estimate of drug-likeness (QED) is 0.0719. The van der Waals surface area contributed by atoms with Gasteiger partial charge in [0.25, 0.3) is 0 Å². The zero-order valence-corrected chi connectivity index (χ0v) is 18.0. The molecule has 0 amide bonds. The summed E-state index contributed by atoms with van der Waals surface area (Å²) >= 11 is 0. The maximum Gasteiger partial charge on any atom is 0.331 e. The number of ether oxygens (including phenoxy) is 3. The number of rotatable bonds is 10. The molecule has 1 aliphatic heterocycles. The van der Waals surface area contributed by atoms with Crippen LogP contribution in [0.25, 0.3) is 6.08 Å². The van der Waals surface area contributed by atoms with E-state index < -0.39 is 73.4 Å². The molecule has 0 radical (unpaired) electrons. The number of hydrogen-bond donors (Lipinski definition) is 8. The number of esters is 1. The number of aliphatic hydroxyl groups is 6. The fourth-order valence-corrected chi connectivity index (χ4v) is 3.16. The van der Waals surface area contributed by atoms with Crippen molar-refractivity contribution >= 4 is 18.3 Å². The van der Waals surface area contributed by atoms with Crippen LogP contribution in [0.5, 0.6) is 11.5 Å². The third kappa shape index (κ3) is 6.71. The standard InChI is InChI=1S/C21H28O13/c1-9-16(29)17(30)18(31)21(32-9)34-20(14(27)8-23)19(13(26)7-22)33-15(28)5-3-10-2-4-11(24)12(25)6-10/h2-6,8-9,13-14,16-22,24-27,29-31H,7H2,1H3/t9-,13+,14-,16-,17+,18+,19+,20+,21-/m0/s1. The van der Waals surface area contributed by atoms with E-state index in [0.717, 1.165) is 12.1 Å². The van der Waals surface area contributed by atoms with Gasteiger partial charge < -0.3 is 59.9 Å². The van der Waals surface area contributed by atoms with Crippen molar-refractivity contribution in [2.75, 3.05) is 6.61 Å². The highest BCUT2D eigenvalue weighted by Crippen LogP contribution is 2.27. The highest BCUT2D eigenvalue weighted by atomic mass is 16.7. The molecular weight excluding hydrogens is 460 g/mol. The molecule has 0 bridgehead atoms. The van der Waals surface area contributed by atoms with Gasteiger partial charge in [0.05, 0.1) is 12.7 Å². The number of phenolic OH excluding ortho intramolecular Hbond substituents is 2. The van der Waals surface area contributed by atoms with Gasteiger partial charge in [-0.3, -0.25) is 0 Å². The van der Waals surface area contributed by atoms with Crippen LogP contribution in [0.4, 0.5) is 0 Å². The maximum absolute atomic E-state index is 12.3. The van der Waals surface area contributed by atoms with Crippen molar-refractivity contribution in [3.63, 3.8) is 0 Å². The Bertz CT molecular complexity index is 859. The Morgan fingerprint density at radius 3 is 2.35 bits per heavy atom. The van der Waals surface area contributed by atoms with E-state index in [1.807, 2.05) is 0 Å². The molecule has 13 heteroatoms. The summed E-state index contributed by atoms with van der Waals surface area (Å²) in [5, 5.41) is 78.3. The van der Waals surface area contributed by atoms with Gasteiger partial charge in [-0.1, -0.05) is 6.07 Å². The minimum atomic E-state index is -2.04. The van der Waals surface area contributed by atoms with Crippen LogP contribution in [0.1, 0.15) is 12.5 Å². The van der Waals surface area contributed by atoms with E-state index in [1.54, 1.807) is 0 Å². The maximum atomic E-state index is 12.3. The normalized spacial score (nSPS) is 28.7. The van der Waals surface area contributed by atoms with E-state index in [2.05, 4.69) is 0 Å². The number of benzene rings is 1. The first-order valence-corrected chi connectivity index (χ1v) is 10.2. The molecule has 1 heterocycles. The Labute approximate surface area is 193 Å². The van der Waals surface area contributed by atoms with E-state index in [1.165, 1.54) is 25.1 Å². The van der Waals surface area contributed by atoms with Gasteiger partial charge in [-0.15, -0.1) is 0 Å². The van der Waals surface area contributed by atoms with Crippen molar-refractivity contribution in [3.8, 4) is 11.5 Å². The lowest BCUT2D eigenvalue weighted by molar-refractivity contribution is -0.319. The van der Waals surface area contributed by atoms with E-state index in [4.69, 9.17) is 14.2 Å². The molecule has 8 N–H and O–H groups in total. The Balaban J connectivity index is 2.23. The zero-order chi connectivity index (χ0) is 25.6. The molecule has 1 fully saturated rings. The minimum absolute atomic E-state index is 0.00539. The van der Waals surface area contributed by atoms with Gasteiger partial charge >= 0.3 is 5.97 Å². The Morgan fingerprint density at radius 2 is 1.76 bits per heavy atom. The molecule has 1 aliphatic rings. The smallest absolute Gasteiger partial charge is 0.331 e. The summed E-state index contributed by atoms with van der Waals surface area (Å²) < 4.78 is 15.7. The van der Waals surface area contributed by atoms with Crippen LogP contribution >= 0.6 is 0 Å². The fourth-order valence-electron chi connectivity index (χ4n) is 3.16. The molecule has 0 aliphatic carbocycles. The lowest BCUT2D eigenvalue weighted by Gasteiger charge is -2.41. The molecule has 190 valence electrons. The number of aromatic hydroxyl groups is 2. The Hall–Kier alpha value is -2.62. The van der Waals surface area contributed by atoms with Gasteiger partial charge in [0, 0.05) is 6.08 Å². The summed E-state index contributed by atoms with van der Waals surface area (Å²) in [5.41, 5.74) is 0.285. The fraction of sp³-hybridized carbons (Fsp3) is 0.524. The summed E-state index contributed by atoms with van der Waals surface area (Å²) in [6, 6.07) is 3.68. The summed E-state index contributed by atoms with van der Waals surface area (Å²) in [6.45, 7) is 0.373. The van der Waals surface area contributed by atoms with Gasteiger partial charge in [-0.05, 0) is 30.7 Å². The minimum Gasteiger partial charge on any atom is -0.504 e. The van der Waals surface area contributed by atoms with E-state index >= 15 is 0 Å². The van der Waals surface area contributed by atoms with E-state index in [9.17, 15) is 50.4 Å². The van der Waals surface area contributed by atoms with Crippen LogP contribution in [0, 0.1) is 0 Å². The van der Waals surface area contributed by atoms with Crippen LogP contribution in [-0.4, -0.2) is 115 Å². The Morgan fingerprint density at radius 1 is 1.09 bits per heavy atom. The first-order valence-electron chi connectivity index (χ1n) is 10.2. The molecule has 0 saturated carbocycles. The number of aldehydes is 1. The topological polar surface area (TPSA) is 224 Å². The van der Waals surface area contributed by atoms with Crippen LogP contribution in [0.15, 0.2) is 24.3 Å². The molecule has 1 aromatic rings. The van der Waals surface area contributed by atoms with E-state index in [0.29, 0.717) is 0 Å². The predicted molar refractivity (Wildman–Crippen MR) is 111 cm³/mol. The number of hydrogen-bond acceptors (Lipinski definition) is 13. The number of carbonyl (C=O) groups is 2. The lowest BCUT2D eigenvalue weighted by atomic mass is 9.99. The van der Waals surface area contributed by atoms with Crippen molar-refractivity contribution in [2.24, 2.45) is 0 Å². The van der Waals surface area contributed by atoms with Crippen molar-refractivity contribution in [3.05, 3.63) is 29.8 Å². The zero-order valence-electron chi connectivity index (χ0n) is 18.0. The van der Waals surface area contributed by atoms with Gasteiger partial charge in [0.1, 0.15) is 36.6 Å². The molecular formula is C21H28O13. The van der Waals surface area contributed by atoms with Gasteiger partial charge in [0.2, 0.25) is 0 Å². The molecule has 2 rings (SSSR count). The average molecular weight is 488 g/mol. The summed E-state index contributed by atoms with van der Waals surface area (Å²) in [7, 11) is 0. The molecule has 9 atom stereocenters. The van der Waals surface area contributed by atoms with Crippen molar-refractivity contribution < 1.29 is 64.7 Å². The highest BCUT2D eigenvalue weighted by Gasteiger charge is 2.46. The second-order valence-corrected chi connectivity index (χ2v) is 7.64. The Kier molecular flexibility index (Phi) is 9.90. The van der Waals surface area contributed by atoms with Crippen molar-refractivity contribution in [2.45, 2.75) is 62.0 Å². The van der Waals surface area contributed by atoms with Gasteiger partial charge in [0.15, 0.2) is 30.2 Å². The summed E-state index contributed by atoms with van der Waals surface area (Å²) in [6.07, 6.45) is -13.3. The van der Waals surface area contributed by atoms with Crippen LogP contribution in [0.3, 0.4) is 0 Å². The monoisotopic (exact) mass is 488 g/mol. The SMILES string of the molecule is C[C@@H]1O[C@@H](O[C@@H]([C@H](OC(=O)C=Cc2ccc(O)c(O)c2)[C@H](O)CO)[C@@H](O)C=O)[C@H](O)[C@H](O)[C@H]1O. The third-order valence-electron chi connectivity index (χ3n) is 5.13. The molecule has 0 aromatic heterocycles. The highest BCUT2D eigenvalue weighted by molar-refractivity contribution is 5.87. The van der Waals surface area contributed by atoms with E-state index in [-0.39, 0.29) is 17.6 Å². The van der Waals surface area contributed by atoms with Gasteiger partial charge in [-0.2, -0.15) is 0 Å². The first kappa shape index (κ1) is 27.6. The lowest BCUT2D eigenvalue weighted by Crippen LogP contribution is -2.60. The first-order chi connectivity index (χ1) is 16.0. The molecule has 0 spiro atoms. The summed E-state index contributed by atoms with van der Waals surface area (Å²) in [4.78, 5) is 23.6. The van der Waals surface area contributed by atoms with Crippen molar-refractivity contribution in [1.82, 2.24) is 0 Å².